The minimum absolute atomic E-state index is 0.155. The Kier molecular flexibility index (Phi) is 6.04. The van der Waals surface area contributed by atoms with Crippen LogP contribution in [0.3, 0.4) is 0 Å². The van der Waals surface area contributed by atoms with Gasteiger partial charge in [-0.1, -0.05) is 42.1 Å². The average Bonchev–Trinajstić information content (AvgIpc) is 3.14. The monoisotopic (exact) mass is 360 g/mol. The number of nitrogens with zero attached hydrogens (tertiary/aromatic N) is 6. The first-order valence-electron chi connectivity index (χ1n) is 8.64. The second kappa shape index (κ2) is 8.44. The standard InChI is InChI=1S/C17H24N6OS/c1-3-23-17(18-19-20-23)25-13-16(24)22-11-9-21(10-12-22)14(2)15-7-5-4-6-8-15/h4-8,14H,3,9-13H2,1-2H3/t14-/m0/s1. The van der Waals surface area contributed by atoms with Gasteiger partial charge in [-0.3, -0.25) is 9.69 Å². The second-order valence-corrected chi connectivity index (χ2v) is 7.01. The molecule has 0 saturated carbocycles. The second-order valence-electron chi connectivity index (χ2n) is 6.07. The number of carbonyl (C=O) groups is 1. The van der Waals surface area contributed by atoms with Gasteiger partial charge in [-0.05, 0) is 29.8 Å². The Hall–Kier alpha value is -1.93. The lowest BCUT2D eigenvalue weighted by Gasteiger charge is -2.38. The minimum Gasteiger partial charge on any atom is -0.339 e. The Labute approximate surface area is 152 Å². The number of amides is 1. The predicted octanol–water partition coefficient (Wildman–Crippen LogP) is 1.69. The molecular weight excluding hydrogens is 336 g/mol. The fraction of sp³-hybridized carbons (Fsp3) is 0.529. The van der Waals surface area contributed by atoms with E-state index in [1.54, 1.807) is 4.68 Å². The smallest absolute Gasteiger partial charge is 0.233 e. The van der Waals surface area contributed by atoms with E-state index in [0.717, 1.165) is 26.2 Å². The summed E-state index contributed by atoms with van der Waals surface area (Å²) in [5.74, 6) is 0.539. The minimum atomic E-state index is 0.155. The third-order valence-corrected chi connectivity index (χ3v) is 5.56. The first-order chi connectivity index (χ1) is 12.2. The van der Waals surface area contributed by atoms with Gasteiger partial charge < -0.3 is 4.90 Å². The van der Waals surface area contributed by atoms with E-state index in [2.05, 4.69) is 51.6 Å². The molecular formula is C17H24N6OS. The van der Waals surface area contributed by atoms with Crippen molar-refractivity contribution in [1.29, 1.82) is 0 Å². The van der Waals surface area contributed by atoms with E-state index in [4.69, 9.17) is 0 Å². The molecule has 2 aromatic rings. The van der Waals surface area contributed by atoms with E-state index in [1.807, 2.05) is 17.9 Å². The molecule has 1 aromatic heterocycles. The molecule has 8 heteroatoms. The van der Waals surface area contributed by atoms with Crippen molar-refractivity contribution in [2.45, 2.75) is 31.6 Å². The SMILES string of the molecule is CCn1nnnc1SCC(=O)N1CCN([C@@H](C)c2ccccc2)CC1. The predicted molar refractivity (Wildman–Crippen MR) is 97.2 cm³/mol. The number of benzene rings is 1. The van der Waals surface area contributed by atoms with E-state index < -0.39 is 0 Å². The van der Waals surface area contributed by atoms with Crippen molar-refractivity contribution in [3.8, 4) is 0 Å². The highest BCUT2D eigenvalue weighted by Crippen LogP contribution is 2.22. The van der Waals surface area contributed by atoms with Gasteiger partial charge in [0.2, 0.25) is 11.1 Å². The van der Waals surface area contributed by atoms with E-state index >= 15 is 0 Å². The summed E-state index contributed by atoms with van der Waals surface area (Å²) in [5.41, 5.74) is 1.32. The van der Waals surface area contributed by atoms with E-state index in [1.165, 1.54) is 17.3 Å². The van der Waals surface area contributed by atoms with Gasteiger partial charge in [-0.15, -0.1) is 5.10 Å². The number of thioether (sulfide) groups is 1. The van der Waals surface area contributed by atoms with Crippen LogP contribution in [0.4, 0.5) is 0 Å². The molecule has 1 aromatic carbocycles. The van der Waals surface area contributed by atoms with Gasteiger partial charge in [-0.25, -0.2) is 4.68 Å². The maximum Gasteiger partial charge on any atom is 0.233 e. The zero-order chi connectivity index (χ0) is 17.6. The molecule has 1 aliphatic rings. The molecule has 1 fully saturated rings. The largest absolute Gasteiger partial charge is 0.339 e. The zero-order valence-electron chi connectivity index (χ0n) is 14.7. The topological polar surface area (TPSA) is 67.2 Å². The number of aryl methyl sites for hydroxylation is 1. The fourth-order valence-corrected chi connectivity index (χ4v) is 3.86. The van der Waals surface area contributed by atoms with E-state index in [-0.39, 0.29) is 5.91 Å². The van der Waals surface area contributed by atoms with Gasteiger partial charge in [0.1, 0.15) is 0 Å². The van der Waals surface area contributed by atoms with Gasteiger partial charge in [0, 0.05) is 38.8 Å². The highest BCUT2D eigenvalue weighted by Gasteiger charge is 2.25. The van der Waals surface area contributed by atoms with Crippen molar-refractivity contribution in [2.24, 2.45) is 0 Å². The number of aromatic nitrogens is 4. The summed E-state index contributed by atoms with van der Waals surface area (Å²) >= 11 is 1.41. The highest BCUT2D eigenvalue weighted by molar-refractivity contribution is 7.99. The van der Waals surface area contributed by atoms with Crippen molar-refractivity contribution in [3.63, 3.8) is 0 Å². The molecule has 1 aliphatic heterocycles. The van der Waals surface area contributed by atoms with Crippen LogP contribution in [0.5, 0.6) is 0 Å². The molecule has 3 rings (SSSR count). The van der Waals surface area contributed by atoms with E-state index in [0.29, 0.717) is 23.5 Å². The molecule has 134 valence electrons. The lowest BCUT2D eigenvalue weighted by molar-refractivity contribution is -0.130. The molecule has 0 unspecified atom stereocenters. The molecule has 1 atom stereocenters. The molecule has 0 bridgehead atoms. The first-order valence-corrected chi connectivity index (χ1v) is 9.63. The third kappa shape index (κ3) is 4.38. The quantitative estimate of drug-likeness (QED) is 0.731. The third-order valence-electron chi connectivity index (χ3n) is 4.62. The van der Waals surface area contributed by atoms with Gasteiger partial charge in [-0.2, -0.15) is 0 Å². The van der Waals surface area contributed by atoms with Crippen LogP contribution in [0.25, 0.3) is 0 Å². The Bertz CT molecular complexity index is 683. The first kappa shape index (κ1) is 17.9. The summed E-state index contributed by atoms with van der Waals surface area (Å²) in [5, 5.41) is 12.2. The molecule has 1 amide bonds. The van der Waals surface area contributed by atoms with Gasteiger partial charge in [0.15, 0.2) is 0 Å². The lowest BCUT2D eigenvalue weighted by atomic mass is 10.1. The maximum absolute atomic E-state index is 12.4. The van der Waals surface area contributed by atoms with Crippen LogP contribution >= 0.6 is 11.8 Å². The Morgan fingerprint density at radius 2 is 1.92 bits per heavy atom. The summed E-state index contributed by atoms with van der Waals surface area (Å²) in [6.45, 7) is 8.27. The molecule has 7 nitrogen and oxygen atoms in total. The summed E-state index contributed by atoms with van der Waals surface area (Å²) in [4.78, 5) is 16.8. The van der Waals surface area contributed by atoms with Crippen molar-refractivity contribution < 1.29 is 4.79 Å². The van der Waals surface area contributed by atoms with Crippen LogP contribution in [0, 0.1) is 0 Å². The molecule has 0 spiro atoms. The van der Waals surface area contributed by atoms with Gasteiger partial charge in [0.25, 0.3) is 0 Å². The molecule has 25 heavy (non-hydrogen) atoms. The van der Waals surface area contributed by atoms with Crippen molar-refractivity contribution >= 4 is 17.7 Å². The van der Waals surface area contributed by atoms with Crippen LogP contribution in [0.1, 0.15) is 25.5 Å². The summed E-state index contributed by atoms with van der Waals surface area (Å²) in [6, 6.07) is 10.9. The van der Waals surface area contributed by atoms with Crippen molar-refractivity contribution in [3.05, 3.63) is 35.9 Å². The van der Waals surface area contributed by atoms with Gasteiger partial charge in [0.05, 0.1) is 5.75 Å². The normalized spacial score (nSPS) is 16.8. The van der Waals surface area contributed by atoms with Crippen LogP contribution < -0.4 is 0 Å². The Balaban J connectivity index is 1.47. The molecule has 0 aliphatic carbocycles. The van der Waals surface area contributed by atoms with Crippen molar-refractivity contribution in [1.82, 2.24) is 30.0 Å². The number of rotatable bonds is 6. The number of hydrogen-bond acceptors (Lipinski definition) is 6. The zero-order valence-corrected chi connectivity index (χ0v) is 15.5. The average molecular weight is 360 g/mol. The van der Waals surface area contributed by atoms with Crippen molar-refractivity contribution in [2.75, 3.05) is 31.9 Å². The van der Waals surface area contributed by atoms with Crippen LogP contribution in [-0.4, -0.2) is 67.8 Å². The number of tetrazole rings is 1. The van der Waals surface area contributed by atoms with Gasteiger partial charge >= 0.3 is 0 Å². The summed E-state index contributed by atoms with van der Waals surface area (Å²) in [6.07, 6.45) is 0. The molecule has 1 saturated heterocycles. The molecule has 2 heterocycles. The van der Waals surface area contributed by atoms with Crippen LogP contribution in [0.15, 0.2) is 35.5 Å². The summed E-state index contributed by atoms with van der Waals surface area (Å²) in [7, 11) is 0. The summed E-state index contributed by atoms with van der Waals surface area (Å²) < 4.78 is 1.71. The number of piperazine rings is 1. The van der Waals surface area contributed by atoms with Crippen LogP contribution in [0.2, 0.25) is 0 Å². The Morgan fingerprint density at radius 1 is 1.20 bits per heavy atom. The lowest BCUT2D eigenvalue weighted by Crippen LogP contribution is -2.49. The van der Waals surface area contributed by atoms with E-state index in [9.17, 15) is 4.79 Å². The molecule has 0 radical (unpaired) electrons. The molecule has 0 N–H and O–H groups in total. The highest BCUT2D eigenvalue weighted by atomic mass is 32.2. The Morgan fingerprint density at radius 3 is 2.60 bits per heavy atom. The fourth-order valence-electron chi connectivity index (χ4n) is 3.02. The number of hydrogen-bond donors (Lipinski definition) is 0. The van der Waals surface area contributed by atoms with Crippen LogP contribution in [-0.2, 0) is 11.3 Å². The number of carbonyl (C=O) groups excluding carboxylic acids is 1. The maximum atomic E-state index is 12.4.